The van der Waals surface area contributed by atoms with Gasteiger partial charge in [-0.2, -0.15) is 0 Å². The molecule has 0 radical (unpaired) electrons. The van der Waals surface area contributed by atoms with Gasteiger partial charge in [0.15, 0.2) is 0 Å². The molecule has 0 atom stereocenters. The molecule has 0 spiro atoms. The van der Waals surface area contributed by atoms with E-state index in [-0.39, 0.29) is 0 Å². The van der Waals surface area contributed by atoms with Gasteiger partial charge in [0.1, 0.15) is 0 Å². The van der Waals surface area contributed by atoms with Crippen molar-refractivity contribution in [1.29, 1.82) is 0 Å². The van der Waals surface area contributed by atoms with Crippen LogP contribution in [-0.4, -0.2) is 34.5 Å². The summed E-state index contributed by atoms with van der Waals surface area (Å²) < 4.78 is 0. The topological polar surface area (TPSA) is 55.0 Å². The van der Waals surface area contributed by atoms with Crippen molar-refractivity contribution in [3.05, 3.63) is 60.2 Å². The number of hydrogen-bond donors (Lipinski definition) is 1. The summed E-state index contributed by atoms with van der Waals surface area (Å²) >= 11 is 0. The number of pyridine rings is 2. The van der Waals surface area contributed by atoms with Crippen LogP contribution in [0.25, 0.3) is 0 Å². The molecule has 2 heterocycles. The lowest BCUT2D eigenvalue weighted by Crippen LogP contribution is -2.30. The summed E-state index contributed by atoms with van der Waals surface area (Å²) in [5.74, 6) is 0. The SMILES string of the molecule is NCCN(CCCc1ccccn1)Cc1ccccn1. The van der Waals surface area contributed by atoms with E-state index in [0.29, 0.717) is 6.54 Å². The standard InChI is InChI=1S/C16H22N4/c17-9-13-20(14-16-7-2-4-11-19-16)12-5-8-15-6-1-3-10-18-15/h1-4,6-7,10-11H,5,8-9,12-14,17H2. The minimum absolute atomic E-state index is 0.677. The predicted molar refractivity (Wildman–Crippen MR) is 81.1 cm³/mol. The van der Waals surface area contributed by atoms with E-state index >= 15 is 0 Å². The fraction of sp³-hybridized carbons (Fsp3) is 0.375. The van der Waals surface area contributed by atoms with Gasteiger partial charge in [0, 0.05) is 37.7 Å². The Labute approximate surface area is 120 Å². The van der Waals surface area contributed by atoms with Crippen molar-refractivity contribution in [2.75, 3.05) is 19.6 Å². The summed E-state index contributed by atoms with van der Waals surface area (Å²) in [7, 11) is 0. The van der Waals surface area contributed by atoms with Crippen LogP contribution in [0.15, 0.2) is 48.8 Å². The first-order chi connectivity index (χ1) is 9.88. The number of aromatic nitrogens is 2. The highest BCUT2D eigenvalue weighted by atomic mass is 15.1. The van der Waals surface area contributed by atoms with E-state index in [9.17, 15) is 0 Å². The maximum Gasteiger partial charge on any atom is 0.0543 e. The van der Waals surface area contributed by atoms with Crippen molar-refractivity contribution in [3.8, 4) is 0 Å². The summed E-state index contributed by atoms with van der Waals surface area (Å²) in [6.45, 7) is 3.46. The van der Waals surface area contributed by atoms with Gasteiger partial charge < -0.3 is 5.73 Å². The minimum Gasteiger partial charge on any atom is -0.329 e. The highest BCUT2D eigenvalue weighted by molar-refractivity contribution is 5.04. The van der Waals surface area contributed by atoms with Crippen LogP contribution in [0.3, 0.4) is 0 Å². The minimum atomic E-state index is 0.677. The second-order valence-corrected chi connectivity index (χ2v) is 4.81. The Morgan fingerprint density at radius 2 is 1.60 bits per heavy atom. The van der Waals surface area contributed by atoms with E-state index < -0.39 is 0 Å². The van der Waals surface area contributed by atoms with Gasteiger partial charge in [-0.25, -0.2) is 0 Å². The molecule has 0 aliphatic rings. The number of nitrogens with zero attached hydrogens (tertiary/aromatic N) is 3. The zero-order chi connectivity index (χ0) is 14.0. The van der Waals surface area contributed by atoms with Gasteiger partial charge in [-0.1, -0.05) is 12.1 Å². The summed E-state index contributed by atoms with van der Waals surface area (Å²) in [4.78, 5) is 11.1. The van der Waals surface area contributed by atoms with Gasteiger partial charge >= 0.3 is 0 Å². The van der Waals surface area contributed by atoms with Crippen LogP contribution in [0.4, 0.5) is 0 Å². The van der Waals surface area contributed by atoms with E-state index in [1.807, 2.05) is 36.7 Å². The number of nitrogens with two attached hydrogens (primary N) is 1. The van der Waals surface area contributed by atoms with Crippen LogP contribution < -0.4 is 5.73 Å². The molecular formula is C16H22N4. The van der Waals surface area contributed by atoms with E-state index in [1.54, 1.807) is 0 Å². The third kappa shape index (κ3) is 5.07. The maximum absolute atomic E-state index is 5.69. The Bertz CT molecular complexity index is 472. The summed E-state index contributed by atoms with van der Waals surface area (Å²) in [5.41, 5.74) is 7.94. The fourth-order valence-electron chi connectivity index (χ4n) is 2.20. The molecule has 0 fully saturated rings. The lowest BCUT2D eigenvalue weighted by Gasteiger charge is -2.21. The number of aryl methyl sites for hydroxylation is 1. The van der Waals surface area contributed by atoms with Crippen molar-refractivity contribution in [2.45, 2.75) is 19.4 Å². The van der Waals surface area contributed by atoms with Crippen LogP contribution in [-0.2, 0) is 13.0 Å². The normalized spacial score (nSPS) is 10.9. The van der Waals surface area contributed by atoms with Crippen LogP contribution in [0.2, 0.25) is 0 Å². The second-order valence-electron chi connectivity index (χ2n) is 4.81. The highest BCUT2D eigenvalue weighted by Crippen LogP contribution is 2.04. The van der Waals surface area contributed by atoms with E-state index in [1.165, 1.54) is 0 Å². The van der Waals surface area contributed by atoms with E-state index in [4.69, 9.17) is 5.73 Å². The average Bonchev–Trinajstić information content (AvgIpc) is 2.49. The quantitative estimate of drug-likeness (QED) is 0.795. The molecule has 4 nitrogen and oxygen atoms in total. The molecule has 20 heavy (non-hydrogen) atoms. The average molecular weight is 270 g/mol. The van der Waals surface area contributed by atoms with Crippen molar-refractivity contribution in [2.24, 2.45) is 5.73 Å². The lowest BCUT2D eigenvalue weighted by molar-refractivity contribution is 0.266. The van der Waals surface area contributed by atoms with Gasteiger partial charge in [0.05, 0.1) is 5.69 Å². The van der Waals surface area contributed by atoms with Crippen LogP contribution >= 0.6 is 0 Å². The largest absolute Gasteiger partial charge is 0.329 e. The predicted octanol–water partition coefficient (Wildman–Crippen LogP) is 1.87. The summed E-state index contributed by atoms with van der Waals surface area (Å²) in [6.07, 6.45) is 5.78. The molecule has 2 aromatic rings. The first-order valence-electron chi connectivity index (χ1n) is 7.11. The molecule has 0 aliphatic heterocycles. The highest BCUT2D eigenvalue weighted by Gasteiger charge is 2.06. The molecule has 0 saturated carbocycles. The van der Waals surface area contributed by atoms with E-state index in [0.717, 1.165) is 43.9 Å². The van der Waals surface area contributed by atoms with Gasteiger partial charge in [-0.15, -0.1) is 0 Å². The van der Waals surface area contributed by atoms with Gasteiger partial charge in [-0.05, 0) is 43.7 Å². The van der Waals surface area contributed by atoms with Crippen LogP contribution in [0.5, 0.6) is 0 Å². The number of rotatable bonds is 8. The third-order valence-electron chi connectivity index (χ3n) is 3.19. The van der Waals surface area contributed by atoms with Gasteiger partial charge in [-0.3, -0.25) is 14.9 Å². The number of hydrogen-bond acceptors (Lipinski definition) is 4. The van der Waals surface area contributed by atoms with Crippen molar-refractivity contribution < 1.29 is 0 Å². The Hall–Kier alpha value is -1.78. The van der Waals surface area contributed by atoms with Crippen LogP contribution in [0, 0.1) is 0 Å². The third-order valence-corrected chi connectivity index (χ3v) is 3.19. The van der Waals surface area contributed by atoms with Crippen molar-refractivity contribution in [1.82, 2.24) is 14.9 Å². The monoisotopic (exact) mass is 270 g/mol. The molecular weight excluding hydrogens is 248 g/mol. The smallest absolute Gasteiger partial charge is 0.0543 e. The molecule has 2 rings (SSSR count). The first-order valence-corrected chi connectivity index (χ1v) is 7.11. The van der Waals surface area contributed by atoms with Crippen molar-refractivity contribution >= 4 is 0 Å². The zero-order valence-electron chi connectivity index (χ0n) is 11.8. The fourth-order valence-corrected chi connectivity index (χ4v) is 2.20. The van der Waals surface area contributed by atoms with Gasteiger partial charge in [0.2, 0.25) is 0 Å². The maximum atomic E-state index is 5.69. The molecule has 2 N–H and O–H groups in total. The molecule has 0 aliphatic carbocycles. The first kappa shape index (κ1) is 14.6. The molecule has 0 bridgehead atoms. The van der Waals surface area contributed by atoms with Gasteiger partial charge in [0.25, 0.3) is 0 Å². The zero-order valence-corrected chi connectivity index (χ0v) is 11.8. The Kier molecular flexibility index (Phi) is 6.14. The Balaban J connectivity index is 1.80. The van der Waals surface area contributed by atoms with E-state index in [2.05, 4.69) is 27.0 Å². The van der Waals surface area contributed by atoms with Crippen molar-refractivity contribution in [3.63, 3.8) is 0 Å². The Morgan fingerprint density at radius 3 is 2.20 bits per heavy atom. The van der Waals surface area contributed by atoms with Crippen LogP contribution in [0.1, 0.15) is 17.8 Å². The summed E-state index contributed by atoms with van der Waals surface area (Å²) in [5, 5.41) is 0. The molecule has 0 saturated heterocycles. The molecule has 0 unspecified atom stereocenters. The summed E-state index contributed by atoms with van der Waals surface area (Å²) in [6, 6.07) is 12.1. The molecule has 2 aromatic heterocycles. The lowest BCUT2D eigenvalue weighted by atomic mass is 10.2. The second kappa shape index (κ2) is 8.40. The molecule has 0 amide bonds. The molecule has 4 heteroatoms. The molecule has 106 valence electrons. The Morgan fingerprint density at radius 1 is 0.900 bits per heavy atom. The molecule has 0 aromatic carbocycles.